The predicted octanol–water partition coefficient (Wildman–Crippen LogP) is 2.54. The van der Waals surface area contributed by atoms with E-state index in [4.69, 9.17) is 0 Å². The summed E-state index contributed by atoms with van der Waals surface area (Å²) >= 11 is 4.73. The Hall–Kier alpha value is -0.880. The van der Waals surface area contributed by atoms with E-state index in [1.165, 1.54) is 11.3 Å². The molecule has 0 saturated carbocycles. The number of halogens is 1. The summed E-state index contributed by atoms with van der Waals surface area (Å²) < 4.78 is 0.888. The Morgan fingerprint density at radius 2 is 2.00 bits per heavy atom. The van der Waals surface area contributed by atoms with E-state index in [1.807, 2.05) is 20.8 Å². The number of hydrogen-bond donors (Lipinski definition) is 2. The molecule has 1 aromatic rings. The average Bonchev–Trinajstić information content (AvgIpc) is 2.62. The highest BCUT2D eigenvalue weighted by atomic mass is 79.9. The molecule has 0 bridgehead atoms. The number of thiophene rings is 1. The quantitative estimate of drug-likeness (QED) is 0.893. The summed E-state index contributed by atoms with van der Waals surface area (Å²) in [5.41, 5.74) is 0.254. The van der Waals surface area contributed by atoms with Gasteiger partial charge in [0.15, 0.2) is 0 Å². The molecule has 0 saturated heterocycles. The Balaban J connectivity index is 2.57. The maximum absolute atomic E-state index is 11.8. The van der Waals surface area contributed by atoms with Crippen LogP contribution in [0.25, 0.3) is 0 Å². The van der Waals surface area contributed by atoms with E-state index in [9.17, 15) is 9.59 Å². The van der Waals surface area contributed by atoms with Gasteiger partial charge in [-0.1, -0.05) is 0 Å². The van der Waals surface area contributed by atoms with Crippen LogP contribution in [-0.4, -0.2) is 23.4 Å². The molecule has 1 aromatic heterocycles. The van der Waals surface area contributed by atoms with E-state index in [0.29, 0.717) is 5.56 Å². The number of carbonyl (C=O) groups is 2. The number of carbonyl (C=O) groups excluding carboxylic acids is 2. The van der Waals surface area contributed by atoms with Crippen LogP contribution in [0.1, 0.15) is 38.1 Å². The molecule has 1 rings (SSSR count). The molecule has 18 heavy (non-hydrogen) atoms. The molecule has 0 aliphatic carbocycles. The highest BCUT2D eigenvalue weighted by molar-refractivity contribution is 9.11. The van der Waals surface area contributed by atoms with Crippen LogP contribution in [0.15, 0.2) is 15.2 Å². The standard InChI is InChI=1S/C12H17BrN2O2S/c1-7(10(16)15-12(2,3)4)14-11(17)8-5-9(13)18-6-8/h5-7H,1-4H3,(H,14,17)(H,15,16). The summed E-state index contributed by atoms with van der Waals surface area (Å²) in [5, 5.41) is 7.23. The molecule has 1 unspecified atom stereocenters. The maximum Gasteiger partial charge on any atom is 0.252 e. The second-order valence-electron chi connectivity index (χ2n) is 5.07. The van der Waals surface area contributed by atoms with Crippen LogP contribution in [0.2, 0.25) is 0 Å². The third-order valence-electron chi connectivity index (χ3n) is 2.07. The molecule has 1 atom stereocenters. The van der Waals surface area contributed by atoms with Crippen molar-refractivity contribution < 1.29 is 9.59 Å². The van der Waals surface area contributed by atoms with E-state index in [0.717, 1.165) is 3.79 Å². The molecule has 0 spiro atoms. The van der Waals surface area contributed by atoms with E-state index in [2.05, 4.69) is 26.6 Å². The zero-order valence-corrected chi connectivity index (χ0v) is 13.2. The van der Waals surface area contributed by atoms with Crippen molar-refractivity contribution in [1.29, 1.82) is 0 Å². The topological polar surface area (TPSA) is 58.2 Å². The predicted molar refractivity (Wildman–Crippen MR) is 76.8 cm³/mol. The third-order valence-corrected chi connectivity index (χ3v) is 3.57. The lowest BCUT2D eigenvalue weighted by Gasteiger charge is -2.23. The zero-order chi connectivity index (χ0) is 13.9. The minimum Gasteiger partial charge on any atom is -0.350 e. The molecule has 2 N–H and O–H groups in total. The van der Waals surface area contributed by atoms with E-state index < -0.39 is 6.04 Å². The van der Waals surface area contributed by atoms with Crippen LogP contribution in [0, 0.1) is 0 Å². The molecule has 0 aliphatic rings. The average molecular weight is 333 g/mol. The SMILES string of the molecule is CC(NC(=O)c1csc(Br)c1)C(=O)NC(C)(C)C. The number of nitrogens with one attached hydrogen (secondary N) is 2. The normalized spacial score (nSPS) is 12.9. The maximum atomic E-state index is 11.8. The molecule has 0 fully saturated rings. The molecule has 100 valence electrons. The van der Waals surface area contributed by atoms with Gasteiger partial charge in [-0.05, 0) is 49.7 Å². The van der Waals surface area contributed by atoms with E-state index in [1.54, 1.807) is 18.4 Å². The Labute approximate surface area is 119 Å². The van der Waals surface area contributed by atoms with Crippen LogP contribution < -0.4 is 10.6 Å². The second kappa shape index (κ2) is 5.84. The van der Waals surface area contributed by atoms with Gasteiger partial charge < -0.3 is 10.6 Å². The summed E-state index contributed by atoms with van der Waals surface area (Å²) in [5.74, 6) is -0.432. The van der Waals surface area contributed by atoms with Gasteiger partial charge in [0.25, 0.3) is 5.91 Å². The number of hydrogen-bond acceptors (Lipinski definition) is 3. The van der Waals surface area contributed by atoms with Crippen LogP contribution in [0.5, 0.6) is 0 Å². The minimum atomic E-state index is -0.560. The largest absolute Gasteiger partial charge is 0.350 e. The van der Waals surface area contributed by atoms with Gasteiger partial charge in [-0.15, -0.1) is 11.3 Å². The lowest BCUT2D eigenvalue weighted by Crippen LogP contribution is -2.50. The highest BCUT2D eigenvalue weighted by Crippen LogP contribution is 2.20. The second-order valence-corrected chi connectivity index (χ2v) is 7.36. The first-order valence-electron chi connectivity index (χ1n) is 5.56. The van der Waals surface area contributed by atoms with Crippen LogP contribution in [-0.2, 0) is 4.79 Å². The highest BCUT2D eigenvalue weighted by Gasteiger charge is 2.21. The Kier molecular flexibility index (Phi) is 4.92. The van der Waals surface area contributed by atoms with Crippen molar-refractivity contribution in [2.75, 3.05) is 0 Å². The van der Waals surface area contributed by atoms with E-state index >= 15 is 0 Å². The summed E-state index contributed by atoms with van der Waals surface area (Å²) in [6.45, 7) is 7.36. The Morgan fingerprint density at radius 3 is 2.44 bits per heavy atom. The zero-order valence-electron chi connectivity index (χ0n) is 10.8. The van der Waals surface area contributed by atoms with Gasteiger partial charge >= 0.3 is 0 Å². The summed E-state index contributed by atoms with van der Waals surface area (Å²) in [4.78, 5) is 23.6. The van der Waals surface area contributed by atoms with Crippen LogP contribution >= 0.6 is 27.3 Å². The van der Waals surface area contributed by atoms with E-state index in [-0.39, 0.29) is 17.4 Å². The summed E-state index contributed by atoms with van der Waals surface area (Å²) in [7, 11) is 0. The molecule has 2 amide bonds. The first-order valence-corrected chi connectivity index (χ1v) is 7.23. The van der Waals surface area contributed by atoms with Gasteiger partial charge in [-0.2, -0.15) is 0 Å². The smallest absolute Gasteiger partial charge is 0.252 e. The van der Waals surface area contributed by atoms with Gasteiger partial charge in [0, 0.05) is 10.9 Å². The molecule has 0 aromatic carbocycles. The minimum absolute atomic E-state index is 0.190. The molecule has 0 radical (unpaired) electrons. The van der Waals surface area contributed by atoms with Crippen molar-refractivity contribution in [2.24, 2.45) is 0 Å². The molecule has 6 heteroatoms. The lowest BCUT2D eigenvalue weighted by molar-refractivity contribution is -0.124. The Bertz CT molecular complexity index is 451. The lowest BCUT2D eigenvalue weighted by atomic mass is 10.1. The van der Waals surface area contributed by atoms with Gasteiger partial charge in [-0.3, -0.25) is 9.59 Å². The van der Waals surface area contributed by atoms with Crippen molar-refractivity contribution in [3.63, 3.8) is 0 Å². The van der Waals surface area contributed by atoms with Gasteiger partial charge in [0.05, 0.1) is 9.35 Å². The van der Waals surface area contributed by atoms with Crippen molar-refractivity contribution in [3.05, 3.63) is 20.8 Å². The third kappa shape index (κ3) is 4.78. The first kappa shape index (κ1) is 15.2. The molecular formula is C12H17BrN2O2S. The first-order chi connectivity index (χ1) is 8.19. The Morgan fingerprint density at radius 1 is 1.39 bits per heavy atom. The fraction of sp³-hybridized carbons (Fsp3) is 0.500. The molecule has 1 heterocycles. The molecule has 0 aliphatic heterocycles. The number of rotatable bonds is 3. The van der Waals surface area contributed by atoms with Gasteiger partial charge in [0.2, 0.25) is 5.91 Å². The fourth-order valence-corrected chi connectivity index (χ4v) is 2.39. The summed E-state index contributed by atoms with van der Waals surface area (Å²) in [6, 6.07) is 1.17. The molecular weight excluding hydrogens is 316 g/mol. The monoisotopic (exact) mass is 332 g/mol. The number of amides is 2. The van der Waals surface area contributed by atoms with Gasteiger partial charge in [0.1, 0.15) is 6.04 Å². The van der Waals surface area contributed by atoms with Crippen molar-refractivity contribution >= 4 is 39.1 Å². The van der Waals surface area contributed by atoms with Crippen molar-refractivity contribution in [1.82, 2.24) is 10.6 Å². The van der Waals surface area contributed by atoms with Crippen molar-refractivity contribution in [2.45, 2.75) is 39.3 Å². The van der Waals surface area contributed by atoms with Crippen LogP contribution in [0.3, 0.4) is 0 Å². The molecule has 4 nitrogen and oxygen atoms in total. The summed E-state index contributed by atoms with van der Waals surface area (Å²) in [6.07, 6.45) is 0. The van der Waals surface area contributed by atoms with Crippen LogP contribution in [0.4, 0.5) is 0 Å². The van der Waals surface area contributed by atoms with Crippen molar-refractivity contribution in [3.8, 4) is 0 Å². The van der Waals surface area contributed by atoms with Gasteiger partial charge in [-0.25, -0.2) is 0 Å². The fourth-order valence-electron chi connectivity index (χ4n) is 1.25.